The smallest absolute Gasteiger partial charge is 0.275 e. The SMILES string of the molecule is Cc1nn(-c2ccccc2)c(C)c1NC(=O)c1cnccn1. The lowest BCUT2D eigenvalue weighted by molar-refractivity contribution is 0.102. The molecule has 110 valence electrons. The van der Waals surface area contributed by atoms with E-state index >= 15 is 0 Å². The van der Waals surface area contributed by atoms with Gasteiger partial charge in [0.25, 0.3) is 5.91 Å². The number of hydrogen-bond acceptors (Lipinski definition) is 4. The first-order chi connectivity index (χ1) is 10.7. The molecule has 0 spiro atoms. The molecule has 6 nitrogen and oxygen atoms in total. The fourth-order valence-electron chi connectivity index (χ4n) is 2.24. The number of aromatic nitrogens is 4. The molecule has 0 aliphatic carbocycles. The van der Waals surface area contributed by atoms with Crippen LogP contribution in [0.1, 0.15) is 21.9 Å². The van der Waals surface area contributed by atoms with E-state index in [1.54, 1.807) is 0 Å². The molecule has 1 N–H and O–H groups in total. The lowest BCUT2D eigenvalue weighted by atomic mass is 10.2. The van der Waals surface area contributed by atoms with E-state index in [2.05, 4.69) is 20.4 Å². The average Bonchev–Trinajstić information content (AvgIpc) is 2.84. The van der Waals surface area contributed by atoms with Gasteiger partial charge in [-0.25, -0.2) is 9.67 Å². The molecule has 0 aliphatic rings. The minimum absolute atomic E-state index is 0.272. The summed E-state index contributed by atoms with van der Waals surface area (Å²) < 4.78 is 1.81. The zero-order valence-corrected chi connectivity index (χ0v) is 12.3. The minimum atomic E-state index is -0.299. The molecule has 3 aromatic rings. The Labute approximate surface area is 127 Å². The molecule has 1 amide bonds. The molecular weight excluding hydrogens is 278 g/mol. The number of carbonyl (C=O) groups is 1. The van der Waals surface area contributed by atoms with Crippen LogP contribution in [0.5, 0.6) is 0 Å². The average molecular weight is 293 g/mol. The van der Waals surface area contributed by atoms with Crippen LogP contribution >= 0.6 is 0 Å². The highest BCUT2D eigenvalue weighted by molar-refractivity contribution is 6.03. The Morgan fingerprint density at radius 2 is 1.91 bits per heavy atom. The van der Waals surface area contributed by atoms with Crippen molar-refractivity contribution in [2.75, 3.05) is 5.32 Å². The molecule has 1 aromatic carbocycles. The maximum absolute atomic E-state index is 12.2. The van der Waals surface area contributed by atoms with Crippen molar-refractivity contribution >= 4 is 11.6 Å². The molecule has 0 radical (unpaired) electrons. The summed E-state index contributed by atoms with van der Waals surface area (Å²) in [5, 5.41) is 7.35. The maximum atomic E-state index is 12.2. The normalized spacial score (nSPS) is 10.5. The van der Waals surface area contributed by atoms with Gasteiger partial charge in [0.05, 0.1) is 29.0 Å². The Hall–Kier alpha value is -3.02. The summed E-state index contributed by atoms with van der Waals surface area (Å²) in [5.41, 5.74) is 3.52. The van der Waals surface area contributed by atoms with Crippen LogP contribution < -0.4 is 5.32 Å². The highest BCUT2D eigenvalue weighted by atomic mass is 16.1. The van der Waals surface area contributed by atoms with Gasteiger partial charge in [0.15, 0.2) is 0 Å². The van der Waals surface area contributed by atoms with Crippen molar-refractivity contribution in [2.45, 2.75) is 13.8 Å². The van der Waals surface area contributed by atoms with E-state index in [0.29, 0.717) is 5.69 Å². The number of rotatable bonds is 3. The molecule has 0 saturated carbocycles. The standard InChI is InChI=1S/C16H15N5O/c1-11-15(19-16(22)14-10-17-8-9-18-14)12(2)21(20-11)13-6-4-3-5-7-13/h3-10H,1-2H3,(H,19,22). The molecule has 3 rings (SSSR count). The molecular formula is C16H15N5O. The van der Waals surface area contributed by atoms with Gasteiger partial charge in [-0.3, -0.25) is 9.78 Å². The zero-order chi connectivity index (χ0) is 15.5. The van der Waals surface area contributed by atoms with Gasteiger partial charge in [-0.15, -0.1) is 0 Å². The van der Waals surface area contributed by atoms with Crippen LogP contribution in [0, 0.1) is 13.8 Å². The van der Waals surface area contributed by atoms with Crippen LogP contribution in [0.3, 0.4) is 0 Å². The third-order valence-corrected chi connectivity index (χ3v) is 3.33. The van der Waals surface area contributed by atoms with Crippen LogP contribution in [0.4, 0.5) is 5.69 Å². The van der Waals surface area contributed by atoms with Crippen molar-refractivity contribution in [3.8, 4) is 5.69 Å². The first-order valence-electron chi connectivity index (χ1n) is 6.86. The number of anilines is 1. The van der Waals surface area contributed by atoms with Crippen molar-refractivity contribution in [1.29, 1.82) is 0 Å². The highest BCUT2D eigenvalue weighted by Crippen LogP contribution is 2.23. The van der Waals surface area contributed by atoms with Crippen molar-refractivity contribution in [3.05, 3.63) is 66.0 Å². The summed E-state index contributed by atoms with van der Waals surface area (Å²) in [6, 6.07) is 9.78. The fourth-order valence-corrected chi connectivity index (χ4v) is 2.24. The molecule has 6 heteroatoms. The van der Waals surface area contributed by atoms with Crippen molar-refractivity contribution < 1.29 is 4.79 Å². The lowest BCUT2D eigenvalue weighted by Gasteiger charge is -2.06. The van der Waals surface area contributed by atoms with Gasteiger partial charge in [0.1, 0.15) is 5.69 Å². The number of nitrogens with one attached hydrogen (secondary N) is 1. The van der Waals surface area contributed by atoms with E-state index in [1.165, 1.54) is 18.6 Å². The molecule has 0 unspecified atom stereocenters. The van der Waals surface area contributed by atoms with E-state index in [0.717, 1.165) is 17.1 Å². The summed E-state index contributed by atoms with van der Waals surface area (Å²) in [6.07, 6.45) is 4.45. The van der Waals surface area contributed by atoms with Crippen LogP contribution in [-0.4, -0.2) is 25.7 Å². The number of amides is 1. The lowest BCUT2D eigenvalue weighted by Crippen LogP contribution is -2.15. The summed E-state index contributed by atoms with van der Waals surface area (Å²) >= 11 is 0. The Morgan fingerprint density at radius 3 is 2.59 bits per heavy atom. The third kappa shape index (κ3) is 2.58. The van der Waals surface area contributed by atoms with E-state index in [4.69, 9.17) is 0 Å². The second-order valence-corrected chi connectivity index (χ2v) is 4.84. The van der Waals surface area contributed by atoms with Crippen LogP contribution in [0.2, 0.25) is 0 Å². The molecule has 22 heavy (non-hydrogen) atoms. The monoisotopic (exact) mass is 293 g/mol. The summed E-state index contributed by atoms with van der Waals surface area (Å²) in [6.45, 7) is 3.78. The van der Waals surface area contributed by atoms with E-state index in [9.17, 15) is 4.79 Å². The number of nitrogens with zero attached hydrogens (tertiary/aromatic N) is 4. The molecule has 0 saturated heterocycles. The third-order valence-electron chi connectivity index (χ3n) is 3.33. The van der Waals surface area contributed by atoms with Gasteiger partial charge in [-0.1, -0.05) is 18.2 Å². The fraction of sp³-hybridized carbons (Fsp3) is 0.125. The predicted octanol–water partition coefficient (Wildman–Crippen LogP) is 2.53. The second kappa shape index (κ2) is 5.77. The van der Waals surface area contributed by atoms with Crippen molar-refractivity contribution in [1.82, 2.24) is 19.7 Å². The topological polar surface area (TPSA) is 72.7 Å². The summed E-state index contributed by atoms with van der Waals surface area (Å²) in [4.78, 5) is 20.1. The summed E-state index contributed by atoms with van der Waals surface area (Å²) in [5.74, 6) is -0.299. The maximum Gasteiger partial charge on any atom is 0.275 e. The number of para-hydroxylation sites is 1. The number of aryl methyl sites for hydroxylation is 1. The number of benzene rings is 1. The van der Waals surface area contributed by atoms with Crippen molar-refractivity contribution in [3.63, 3.8) is 0 Å². The van der Waals surface area contributed by atoms with Crippen LogP contribution in [0.15, 0.2) is 48.9 Å². The van der Waals surface area contributed by atoms with Gasteiger partial charge in [0, 0.05) is 12.4 Å². The quantitative estimate of drug-likeness (QED) is 0.805. The van der Waals surface area contributed by atoms with Crippen LogP contribution in [-0.2, 0) is 0 Å². The zero-order valence-electron chi connectivity index (χ0n) is 12.3. The Kier molecular flexibility index (Phi) is 3.65. The Balaban J connectivity index is 1.93. The first-order valence-corrected chi connectivity index (χ1v) is 6.86. The highest BCUT2D eigenvalue weighted by Gasteiger charge is 2.16. The Bertz CT molecular complexity index is 796. The minimum Gasteiger partial charge on any atom is -0.317 e. The van der Waals surface area contributed by atoms with Gasteiger partial charge in [-0.05, 0) is 26.0 Å². The van der Waals surface area contributed by atoms with Crippen LogP contribution in [0.25, 0.3) is 5.69 Å². The van der Waals surface area contributed by atoms with Gasteiger partial charge < -0.3 is 5.32 Å². The number of carbonyl (C=O) groups excluding carboxylic acids is 1. The summed E-state index contributed by atoms with van der Waals surface area (Å²) in [7, 11) is 0. The molecule has 0 bridgehead atoms. The molecule has 0 atom stereocenters. The van der Waals surface area contributed by atoms with Gasteiger partial charge in [-0.2, -0.15) is 5.10 Å². The van der Waals surface area contributed by atoms with Gasteiger partial charge in [0.2, 0.25) is 0 Å². The molecule has 0 fully saturated rings. The Morgan fingerprint density at radius 1 is 1.14 bits per heavy atom. The first kappa shape index (κ1) is 13.9. The predicted molar refractivity (Wildman–Crippen MR) is 83.0 cm³/mol. The van der Waals surface area contributed by atoms with Crippen molar-refractivity contribution in [2.24, 2.45) is 0 Å². The molecule has 2 aromatic heterocycles. The molecule has 0 aliphatic heterocycles. The molecule has 2 heterocycles. The number of hydrogen-bond donors (Lipinski definition) is 1. The second-order valence-electron chi connectivity index (χ2n) is 4.84. The van der Waals surface area contributed by atoms with E-state index in [-0.39, 0.29) is 11.6 Å². The van der Waals surface area contributed by atoms with E-state index in [1.807, 2.05) is 48.9 Å². The van der Waals surface area contributed by atoms with E-state index < -0.39 is 0 Å². The largest absolute Gasteiger partial charge is 0.317 e. The van der Waals surface area contributed by atoms with Gasteiger partial charge >= 0.3 is 0 Å².